The number of carbonyl (C=O) groups excluding carboxylic acids is 1. The largest absolute Gasteiger partial charge is 0.285 e. The van der Waals surface area contributed by atoms with Gasteiger partial charge in [0.25, 0.3) is 5.91 Å². The van der Waals surface area contributed by atoms with Gasteiger partial charge in [0.05, 0.1) is 17.9 Å². The van der Waals surface area contributed by atoms with Crippen molar-refractivity contribution in [2.45, 2.75) is 0 Å². The summed E-state index contributed by atoms with van der Waals surface area (Å²) >= 11 is 0. The van der Waals surface area contributed by atoms with E-state index in [1.807, 2.05) is 24.4 Å². The topological polar surface area (TPSA) is 92.7 Å². The number of carbonyl (C=O) groups is 1. The van der Waals surface area contributed by atoms with E-state index in [-0.39, 0.29) is 5.91 Å². The van der Waals surface area contributed by atoms with Crippen LogP contribution in [0.1, 0.15) is 0 Å². The number of aromatic amines is 1. The first-order chi connectivity index (χ1) is 10.2. The minimum Gasteiger partial charge on any atom is -0.285 e. The lowest BCUT2D eigenvalue weighted by molar-refractivity contribution is -0.114. The minimum atomic E-state index is -1.56. The fraction of sp³-hybridized carbons (Fsp3) is 0. The van der Waals surface area contributed by atoms with E-state index in [0.717, 1.165) is 22.0 Å². The summed E-state index contributed by atoms with van der Waals surface area (Å²) in [5.74, 6) is -0.373. The molecule has 1 amide bonds. The van der Waals surface area contributed by atoms with Gasteiger partial charge in [-0.05, 0) is 17.7 Å². The molecule has 1 aliphatic heterocycles. The summed E-state index contributed by atoms with van der Waals surface area (Å²) < 4.78 is 15.7. The van der Waals surface area contributed by atoms with E-state index in [1.165, 1.54) is 10.8 Å². The Bertz CT molecular complexity index is 910. The molecule has 1 unspecified atom stereocenters. The summed E-state index contributed by atoms with van der Waals surface area (Å²) in [4.78, 5) is 11.3. The zero-order chi connectivity index (χ0) is 14.4. The molecule has 21 heavy (non-hydrogen) atoms. The monoisotopic (exact) mass is 299 g/mol. The second-order valence-corrected chi connectivity index (χ2v) is 5.69. The number of amides is 1. The molecule has 1 atom stereocenters. The summed E-state index contributed by atoms with van der Waals surface area (Å²) in [5, 5.41) is 12.2. The van der Waals surface area contributed by atoms with E-state index >= 15 is 0 Å². The summed E-state index contributed by atoms with van der Waals surface area (Å²) in [7, 11) is -1.56. The van der Waals surface area contributed by atoms with E-state index in [9.17, 15) is 9.00 Å². The third-order valence-corrected chi connectivity index (χ3v) is 4.30. The molecule has 7 nitrogen and oxygen atoms in total. The van der Waals surface area contributed by atoms with Gasteiger partial charge < -0.3 is 0 Å². The number of nitrogens with one attached hydrogen (secondary N) is 2. The molecule has 0 aliphatic carbocycles. The van der Waals surface area contributed by atoms with Crippen LogP contribution in [0.2, 0.25) is 0 Å². The number of rotatable bonds is 2. The molecule has 0 saturated carbocycles. The van der Waals surface area contributed by atoms with Gasteiger partial charge in [-0.3, -0.25) is 14.6 Å². The Balaban J connectivity index is 1.85. The highest BCUT2D eigenvalue weighted by Gasteiger charge is 2.23. The van der Waals surface area contributed by atoms with Gasteiger partial charge in [0, 0.05) is 23.2 Å². The molecule has 8 heteroatoms. The summed E-state index contributed by atoms with van der Waals surface area (Å²) in [6.45, 7) is 0. The molecule has 0 spiro atoms. The van der Waals surface area contributed by atoms with Crippen molar-refractivity contribution in [2.75, 3.05) is 0 Å². The third kappa shape index (κ3) is 1.88. The van der Waals surface area contributed by atoms with Crippen LogP contribution in [-0.4, -0.2) is 30.1 Å². The van der Waals surface area contributed by atoms with Gasteiger partial charge >= 0.3 is 0 Å². The SMILES string of the molecule is O=C1C=C(n2ncc3cc(-c4cn[nH]c4)ccc32)S(=O)N1. The quantitative estimate of drug-likeness (QED) is 0.739. The van der Waals surface area contributed by atoms with Crippen molar-refractivity contribution in [3.8, 4) is 11.1 Å². The second-order valence-electron chi connectivity index (χ2n) is 4.53. The van der Waals surface area contributed by atoms with Crippen molar-refractivity contribution >= 4 is 32.8 Å². The van der Waals surface area contributed by atoms with Crippen molar-refractivity contribution in [1.29, 1.82) is 0 Å². The van der Waals surface area contributed by atoms with Crippen LogP contribution in [0.25, 0.3) is 27.1 Å². The lowest BCUT2D eigenvalue weighted by Gasteiger charge is -2.03. The average molecular weight is 299 g/mol. The molecule has 0 saturated heterocycles. The Morgan fingerprint density at radius 3 is 2.81 bits per heavy atom. The molecule has 0 fully saturated rings. The van der Waals surface area contributed by atoms with Crippen molar-refractivity contribution in [3.05, 3.63) is 42.9 Å². The molecular weight excluding hydrogens is 290 g/mol. The first-order valence-corrected chi connectivity index (χ1v) is 7.29. The molecule has 1 aromatic carbocycles. The molecule has 3 heterocycles. The van der Waals surface area contributed by atoms with Gasteiger partial charge in [-0.15, -0.1) is 0 Å². The predicted octanol–water partition coefficient (Wildman–Crippen LogP) is 1.02. The van der Waals surface area contributed by atoms with Gasteiger partial charge in [0.2, 0.25) is 0 Å². The number of hydrogen-bond acceptors (Lipinski definition) is 4. The van der Waals surface area contributed by atoms with E-state index in [4.69, 9.17) is 0 Å². The maximum absolute atomic E-state index is 11.8. The first-order valence-electron chi connectivity index (χ1n) is 6.14. The van der Waals surface area contributed by atoms with Crippen LogP contribution in [0.3, 0.4) is 0 Å². The number of aromatic nitrogens is 4. The highest BCUT2D eigenvalue weighted by molar-refractivity contribution is 7.93. The standard InChI is InChI=1S/C13H9N5O2S/c19-12-4-13(21(20)17-12)18-11-2-1-8(3-9(11)7-16-18)10-5-14-15-6-10/h1-7H,(H,14,15)(H,17,19). The summed E-state index contributed by atoms with van der Waals surface area (Å²) in [6, 6.07) is 5.78. The van der Waals surface area contributed by atoms with Crippen molar-refractivity contribution in [2.24, 2.45) is 0 Å². The zero-order valence-corrected chi connectivity index (χ0v) is 11.4. The van der Waals surface area contributed by atoms with Gasteiger partial charge in [-0.1, -0.05) is 6.07 Å². The molecule has 2 N–H and O–H groups in total. The van der Waals surface area contributed by atoms with Gasteiger partial charge in [-0.25, -0.2) is 8.89 Å². The fourth-order valence-corrected chi connectivity index (χ4v) is 3.14. The summed E-state index contributed by atoms with van der Waals surface area (Å²) in [6.07, 6.45) is 6.53. The lowest BCUT2D eigenvalue weighted by atomic mass is 10.1. The highest BCUT2D eigenvalue weighted by Crippen LogP contribution is 2.26. The van der Waals surface area contributed by atoms with Gasteiger partial charge in [0.15, 0.2) is 16.0 Å². The number of H-pyrrole nitrogens is 1. The van der Waals surface area contributed by atoms with Crippen LogP contribution < -0.4 is 4.72 Å². The van der Waals surface area contributed by atoms with Crippen molar-refractivity contribution in [1.82, 2.24) is 24.7 Å². The van der Waals surface area contributed by atoms with Gasteiger partial charge in [0.1, 0.15) is 0 Å². The van der Waals surface area contributed by atoms with Crippen LogP contribution in [0, 0.1) is 0 Å². The maximum atomic E-state index is 11.8. The van der Waals surface area contributed by atoms with Crippen molar-refractivity contribution < 1.29 is 9.00 Å². The van der Waals surface area contributed by atoms with Crippen LogP contribution >= 0.6 is 0 Å². The van der Waals surface area contributed by atoms with E-state index in [0.29, 0.717) is 5.03 Å². The number of fused-ring (bicyclic) bond motifs is 1. The Kier molecular flexibility index (Phi) is 2.51. The Hall–Kier alpha value is -2.74. The smallest absolute Gasteiger partial charge is 0.258 e. The van der Waals surface area contributed by atoms with Crippen LogP contribution in [0.4, 0.5) is 0 Å². The van der Waals surface area contributed by atoms with E-state index < -0.39 is 11.0 Å². The lowest BCUT2D eigenvalue weighted by Crippen LogP contribution is -2.17. The molecule has 0 radical (unpaired) electrons. The average Bonchev–Trinajstić information content (AvgIpc) is 3.18. The molecule has 2 aromatic heterocycles. The Morgan fingerprint density at radius 1 is 1.19 bits per heavy atom. The molecule has 1 aliphatic rings. The first kappa shape index (κ1) is 12.0. The predicted molar refractivity (Wildman–Crippen MR) is 77.9 cm³/mol. The van der Waals surface area contributed by atoms with Crippen LogP contribution in [-0.2, 0) is 15.8 Å². The van der Waals surface area contributed by atoms with Crippen LogP contribution in [0.5, 0.6) is 0 Å². The Morgan fingerprint density at radius 2 is 2.10 bits per heavy atom. The molecule has 4 rings (SSSR count). The zero-order valence-electron chi connectivity index (χ0n) is 10.6. The van der Waals surface area contributed by atoms with Gasteiger partial charge in [-0.2, -0.15) is 10.2 Å². The van der Waals surface area contributed by atoms with E-state index in [2.05, 4.69) is 20.0 Å². The van der Waals surface area contributed by atoms with E-state index in [1.54, 1.807) is 12.4 Å². The molecule has 3 aromatic rings. The molecule has 0 bridgehead atoms. The Labute approximate surface area is 121 Å². The van der Waals surface area contributed by atoms with Crippen molar-refractivity contribution in [3.63, 3.8) is 0 Å². The normalized spacial score (nSPS) is 18.0. The molecule has 104 valence electrons. The maximum Gasteiger partial charge on any atom is 0.258 e. The highest BCUT2D eigenvalue weighted by atomic mass is 32.2. The molecular formula is C13H9N5O2S. The minimum absolute atomic E-state index is 0.339. The number of nitrogens with zero attached hydrogens (tertiary/aromatic N) is 3. The second kappa shape index (κ2) is 4.38. The van der Waals surface area contributed by atoms with Crippen LogP contribution in [0.15, 0.2) is 42.9 Å². The third-order valence-electron chi connectivity index (χ3n) is 3.25. The number of hydrogen-bond donors (Lipinski definition) is 2. The summed E-state index contributed by atoms with van der Waals surface area (Å²) in [5.41, 5.74) is 2.77. The fourth-order valence-electron chi connectivity index (χ4n) is 2.28. The number of benzene rings is 1.